The van der Waals surface area contributed by atoms with Gasteiger partial charge in [0.25, 0.3) is 0 Å². The minimum absolute atomic E-state index is 0.107. The highest BCUT2D eigenvalue weighted by molar-refractivity contribution is 8.00. The van der Waals surface area contributed by atoms with Gasteiger partial charge in [0, 0.05) is 55.5 Å². The molecule has 0 aromatic heterocycles. The van der Waals surface area contributed by atoms with Crippen molar-refractivity contribution in [3.8, 4) is 0 Å². The Labute approximate surface area is 195 Å². The number of hydrogen-bond acceptors (Lipinski definition) is 5. The van der Waals surface area contributed by atoms with Crippen molar-refractivity contribution in [2.24, 2.45) is 0 Å². The number of carbonyl (C=O) groups is 1. The van der Waals surface area contributed by atoms with E-state index in [2.05, 4.69) is 0 Å². The monoisotopic (exact) mass is 499 g/mol. The molecule has 0 unspecified atom stereocenters. The number of halogens is 3. The number of rotatable bonds is 3. The molecule has 178 valence electrons. The van der Waals surface area contributed by atoms with Crippen molar-refractivity contribution in [2.45, 2.75) is 35.1 Å². The van der Waals surface area contributed by atoms with Gasteiger partial charge in [-0.1, -0.05) is 13.0 Å². The molecule has 1 fully saturated rings. The van der Waals surface area contributed by atoms with Crippen LogP contribution in [0.4, 0.5) is 24.5 Å². The molecule has 1 atom stereocenters. The van der Waals surface area contributed by atoms with Crippen LogP contribution in [0.25, 0.3) is 0 Å². The number of fused-ring (bicyclic) bond motifs is 1. The van der Waals surface area contributed by atoms with E-state index in [1.54, 1.807) is 45.8 Å². The number of hydrogen-bond donors (Lipinski definition) is 0. The van der Waals surface area contributed by atoms with Gasteiger partial charge >= 0.3 is 6.18 Å². The second-order valence-electron chi connectivity index (χ2n) is 8.13. The van der Waals surface area contributed by atoms with E-state index in [1.807, 2.05) is 6.92 Å². The first-order valence-electron chi connectivity index (χ1n) is 10.5. The predicted molar refractivity (Wildman–Crippen MR) is 122 cm³/mol. The molecule has 1 saturated heterocycles. The largest absolute Gasteiger partial charge is 0.416 e. The normalized spacial score (nSPS) is 20.0. The Morgan fingerprint density at radius 3 is 2.39 bits per heavy atom. The standard InChI is InChI=1S/C22H24F3N3O3S2/c1-15-14-28(16(2)29)20-13-19(6-7-21(20)32-15)33(30,31)27-10-8-26(9-11-27)18-5-3-4-17(12-18)22(23,24)25/h3-7,12-13,15H,8-11,14H2,1-2H3/t15-/m0/s1. The van der Waals surface area contributed by atoms with Gasteiger partial charge in [0.05, 0.1) is 16.1 Å². The summed E-state index contributed by atoms with van der Waals surface area (Å²) in [5.74, 6) is -0.146. The Bertz CT molecular complexity index is 1160. The molecule has 2 heterocycles. The number of thioether (sulfide) groups is 1. The van der Waals surface area contributed by atoms with Crippen molar-refractivity contribution in [3.05, 3.63) is 48.0 Å². The summed E-state index contributed by atoms with van der Waals surface area (Å²) in [5, 5.41) is 0.202. The molecule has 0 aliphatic carbocycles. The first-order chi connectivity index (χ1) is 15.5. The van der Waals surface area contributed by atoms with Gasteiger partial charge in [-0.2, -0.15) is 17.5 Å². The molecule has 2 aromatic carbocycles. The number of anilines is 2. The number of sulfonamides is 1. The summed E-state index contributed by atoms with van der Waals surface area (Å²) < 4.78 is 67.0. The highest BCUT2D eigenvalue weighted by Crippen LogP contribution is 2.40. The zero-order valence-electron chi connectivity index (χ0n) is 18.2. The summed E-state index contributed by atoms with van der Waals surface area (Å²) in [6.45, 7) is 4.83. The van der Waals surface area contributed by atoms with E-state index in [1.165, 1.54) is 17.3 Å². The van der Waals surface area contributed by atoms with Crippen LogP contribution in [-0.2, 0) is 21.0 Å². The molecule has 6 nitrogen and oxygen atoms in total. The Hall–Kier alpha value is -2.24. The van der Waals surface area contributed by atoms with Crippen LogP contribution in [0.15, 0.2) is 52.3 Å². The van der Waals surface area contributed by atoms with E-state index in [-0.39, 0.29) is 42.2 Å². The maximum Gasteiger partial charge on any atom is 0.416 e. The number of benzene rings is 2. The zero-order valence-corrected chi connectivity index (χ0v) is 19.8. The minimum atomic E-state index is -4.43. The van der Waals surface area contributed by atoms with Crippen molar-refractivity contribution in [2.75, 3.05) is 42.5 Å². The number of carbonyl (C=O) groups excluding carboxylic acids is 1. The van der Waals surface area contributed by atoms with Crippen molar-refractivity contribution in [1.82, 2.24) is 4.31 Å². The Morgan fingerprint density at radius 2 is 1.76 bits per heavy atom. The van der Waals surface area contributed by atoms with E-state index in [4.69, 9.17) is 0 Å². The van der Waals surface area contributed by atoms with Crippen LogP contribution in [0.1, 0.15) is 19.4 Å². The summed E-state index contributed by atoms with van der Waals surface area (Å²) in [5.41, 5.74) is 0.277. The quantitative estimate of drug-likeness (QED) is 0.638. The summed E-state index contributed by atoms with van der Waals surface area (Å²) in [6, 6.07) is 9.89. The molecule has 2 aromatic rings. The maximum atomic E-state index is 13.3. The van der Waals surface area contributed by atoms with Crippen molar-refractivity contribution in [3.63, 3.8) is 0 Å². The molecular formula is C22H24F3N3O3S2. The van der Waals surface area contributed by atoms with Gasteiger partial charge in [-0.3, -0.25) is 4.79 Å². The fraction of sp³-hybridized carbons (Fsp3) is 0.409. The second kappa shape index (κ2) is 8.84. The zero-order chi connectivity index (χ0) is 24.0. The molecule has 0 N–H and O–H groups in total. The fourth-order valence-electron chi connectivity index (χ4n) is 4.09. The lowest BCUT2D eigenvalue weighted by Gasteiger charge is -2.36. The second-order valence-corrected chi connectivity index (χ2v) is 11.5. The third-order valence-corrected chi connectivity index (χ3v) is 8.83. The van der Waals surface area contributed by atoms with E-state index in [0.717, 1.165) is 17.0 Å². The average Bonchev–Trinajstić information content (AvgIpc) is 2.77. The van der Waals surface area contributed by atoms with Gasteiger partial charge in [0.15, 0.2) is 0 Å². The highest BCUT2D eigenvalue weighted by atomic mass is 32.2. The lowest BCUT2D eigenvalue weighted by atomic mass is 10.1. The Kier molecular flexibility index (Phi) is 6.41. The molecule has 1 amide bonds. The van der Waals surface area contributed by atoms with Gasteiger partial charge < -0.3 is 9.80 Å². The summed E-state index contributed by atoms with van der Waals surface area (Å²) in [7, 11) is -3.82. The summed E-state index contributed by atoms with van der Waals surface area (Å²) >= 11 is 1.60. The molecule has 0 saturated carbocycles. The van der Waals surface area contributed by atoms with E-state index in [0.29, 0.717) is 17.9 Å². The molecule has 0 bridgehead atoms. The van der Waals surface area contributed by atoms with Crippen LogP contribution in [0, 0.1) is 0 Å². The van der Waals surface area contributed by atoms with E-state index >= 15 is 0 Å². The summed E-state index contributed by atoms with van der Waals surface area (Å²) in [4.78, 5) is 16.4. The number of amides is 1. The molecule has 33 heavy (non-hydrogen) atoms. The van der Waals surface area contributed by atoms with Gasteiger partial charge in [-0.05, 0) is 36.4 Å². The molecular weight excluding hydrogens is 475 g/mol. The first kappa shape index (κ1) is 23.9. The Balaban J connectivity index is 1.52. The minimum Gasteiger partial charge on any atom is -0.369 e. The van der Waals surface area contributed by atoms with Crippen molar-refractivity contribution >= 4 is 39.1 Å². The van der Waals surface area contributed by atoms with Crippen LogP contribution >= 0.6 is 11.8 Å². The average molecular weight is 500 g/mol. The molecule has 2 aliphatic heterocycles. The van der Waals surface area contributed by atoms with Crippen molar-refractivity contribution < 1.29 is 26.4 Å². The van der Waals surface area contributed by atoms with Gasteiger partial charge in [-0.15, -0.1) is 11.8 Å². The number of piperazine rings is 1. The van der Waals surface area contributed by atoms with Gasteiger partial charge in [-0.25, -0.2) is 8.42 Å². The fourth-order valence-corrected chi connectivity index (χ4v) is 6.63. The van der Waals surface area contributed by atoms with E-state index in [9.17, 15) is 26.4 Å². The molecule has 0 spiro atoms. The predicted octanol–water partition coefficient (Wildman–Crippen LogP) is 4.06. The third kappa shape index (κ3) is 4.85. The van der Waals surface area contributed by atoms with Crippen molar-refractivity contribution in [1.29, 1.82) is 0 Å². The van der Waals surface area contributed by atoms with Crippen LogP contribution in [0.2, 0.25) is 0 Å². The van der Waals surface area contributed by atoms with Crippen LogP contribution in [0.5, 0.6) is 0 Å². The van der Waals surface area contributed by atoms with Crippen LogP contribution < -0.4 is 9.80 Å². The topological polar surface area (TPSA) is 60.9 Å². The molecule has 2 aliphatic rings. The number of alkyl halides is 3. The summed E-state index contributed by atoms with van der Waals surface area (Å²) in [6.07, 6.45) is -4.43. The molecule has 0 radical (unpaired) electrons. The first-order valence-corrected chi connectivity index (χ1v) is 12.8. The molecule has 4 rings (SSSR count). The van der Waals surface area contributed by atoms with E-state index < -0.39 is 21.8 Å². The SMILES string of the molecule is CC(=O)N1C[C@H](C)Sc2ccc(S(=O)(=O)N3CCN(c4cccc(C(F)(F)F)c4)CC3)cc21. The number of nitrogens with zero attached hydrogens (tertiary/aromatic N) is 3. The van der Waals surface area contributed by atoms with Crippen LogP contribution in [0.3, 0.4) is 0 Å². The Morgan fingerprint density at radius 1 is 1.06 bits per heavy atom. The van der Waals surface area contributed by atoms with Gasteiger partial charge in [0.2, 0.25) is 15.9 Å². The van der Waals surface area contributed by atoms with Crippen LogP contribution in [-0.4, -0.2) is 56.6 Å². The lowest BCUT2D eigenvalue weighted by Crippen LogP contribution is -2.48. The highest BCUT2D eigenvalue weighted by Gasteiger charge is 2.33. The smallest absolute Gasteiger partial charge is 0.369 e. The lowest BCUT2D eigenvalue weighted by molar-refractivity contribution is -0.137. The third-order valence-electron chi connectivity index (χ3n) is 5.78. The maximum absolute atomic E-state index is 13.3. The van der Waals surface area contributed by atoms with Gasteiger partial charge in [0.1, 0.15) is 0 Å². The molecule has 11 heteroatoms.